The van der Waals surface area contributed by atoms with Crippen molar-refractivity contribution in [1.82, 2.24) is 0 Å². The summed E-state index contributed by atoms with van der Waals surface area (Å²) in [6.45, 7) is 3.86. The van der Waals surface area contributed by atoms with Gasteiger partial charge >= 0.3 is 0 Å². The molecule has 1 aliphatic rings. The number of hydrogen-bond donors (Lipinski definition) is 1. The number of nitrogens with zero attached hydrogens (tertiary/aromatic N) is 1. The SMILES string of the molecule is CC1Cc2ccccc2N(CC(N)c2ccccc2F)C1. The molecule has 1 aliphatic heterocycles. The number of hydrogen-bond acceptors (Lipinski definition) is 2. The fourth-order valence-electron chi connectivity index (χ4n) is 3.19. The van der Waals surface area contributed by atoms with Crippen LogP contribution in [0.3, 0.4) is 0 Å². The van der Waals surface area contributed by atoms with Crippen molar-refractivity contribution in [3.63, 3.8) is 0 Å². The maximum absolute atomic E-state index is 13.9. The summed E-state index contributed by atoms with van der Waals surface area (Å²) in [5.74, 6) is 0.371. The summed E-state index contributed by atoms with van der Waals surface area (Å²) < 4.78 is 13.9. The molecule has 2 N–H and O–H groups in total. The summed E-state index contributed by atoms with van der Waals surface area (Å²) in [4.78, 5) is 2.29. The highest BCUT2D eigenvalue weighted by Crippen LogP contribution is 2.30. The first-order chi connectivity index (χ1) is 10.1. The Balaban J connectivity index is 1.83. The molecule has 0 radical (unpaired) electrons. The van der Waals surface area contributed by atoms with E-state index in [0.29, 0.717) is 18.0 Å². The first-order valence-corrected chi connectivity index (χ1v) is 7.48. The quantitative estimate of drug-likeness (QED) is 0.934. The molecule has 2 aromatic carbocycles. The average Bonchev–Trinajstić information content (AvgIpc) is 2.47. The second-order valence-electron chi connectivity index (χ2n) is 5.97. The Kier molecular flexibility index (Phi) is 3.93. The molecule has 0 aromatic heterocycles. The van der Waals surface area contributed by atoms with Crippen LogP contribution in [0.5, 0.6) is 0 Å². The second kappa shape index (κ2) is 5.86. The van der Waals surface area contributed by atoms with Crippen LogP contribution >= 0.6 is 0 Å². The van der Waals surface area contributed by atoms with E-state index < -0.39 is 0 Å². The lowest BCUT2D eigenvalue weighted by molar-refractivity contribution is 0.507. The van der Waals surface area contributed by atoms with Gasteiger partial charge in [-0.05, 0) is 30.0 Å². The predicted octanol–water partition coefficient (Wildman–Crippen LogP) is 3.52. The van der Waals surface area contributed by atoms with Crippen molar-refractivity contribution in [3.05, 3.63) is 65.5 Å². The van der Waals surface area contributed by atoms with Crippen LogP contribution in [-0.2, 0) is 6.42 Å². The van der Waals surface area contributed by atoms with Gasteiger partial charge in [0.1, 0.15) is 5.82 Å². The minimum atomic E-state index is -0.315. The molecule has 0 amide bonds. The highest BCUT2D eigenvalue weighted by atomic mass is 19.1. The third-order valence-electron chi connectivity index (χ3n) is 4.15. The topological polar surface area (TPSA) is 29.3 Å². The van der Waals surface area contributed by atoms with Crippen molar-refractivity contribution in [2.75, 3.05) is 18.0 Å². The lowest BCUT2D eigenvalue weighted by Gasteiger charge is -2.36. The van der Waals surface area contributed by atoms with E-state index in [2.05, 4.69) is 36.1 Å². The molecule has 2 atom stereocenters. The van der Waals surface area contributed by atoms with E-state index in [1.807, 2.05) is 6.07 Å². The molecule has 0 saturated carbocycles. The van der Waals surface area contributed by atoms with E-state index in [-0.39, 0.29) is 11.9 Å². The van der Waals surface area contributed by atoms with Gasteiger partial charge in [-0.15, -0.1) is 0 Å². The predicted molar refractivity (Wildman–Crippen MR) is 84.9 cm³/mol. The summed E-state index contributed by atoms with van der Waals surface area (Å²) in [6, 6.07) is 14.9. The maximum atomic E-state index is 13.9. The number of halogens is 1. The maximum Gasteiger partial charge on any atom is 0.128 e. The molecule has 0 saturated heterocycles. The molecule has 0 bridgehead atoms. The fraction of sp³-hybridized carbons (Fsp3) is 0.333. The summed E-state index contributed by atoms with van der Waals surface area (Å²) in [6.07, 6.45) is 1.10. The number of fused-ring (bicyclic) bond motifs is 1. The largest absolute Gasteiger partial charge is 0.369 e. The van der Waals surface area contributed by atoms with Crippen molar-refractivity contribution in [1.29, 1.82) is 0 Å². The molecule has 2 nitrogen and oxygen atoms in total. The molecular formula is C18H21FN2. The van der Waals surface area contributed by atoms with Crippen molar-refractivity contribution < 1.29 is 4.39 Å². The number of benzene rings is 2. The van der Waals surface area contributed by atoms with Crippen molar-refractivity contribution in [2.45, 2.75) is 19.4 Å². The Labute approximate surface area is 125 Å². The number of anilines is 1. The van der Waals surface area contributed by atoms with E-state index >= 15 is 0 Å². The van der Waals surface area contributed by atoms with Gasteiger partial charge < -0.3 is 10.6 Å². The molecule has 3 rings (SSSR count). The van der Waals surface area contributed by atoms with E-state index in [9.17, 15) is 4.39 Å². The number of para-hydroxylation sites is 1. The first kappa shape index (κ1) is 14.1. The zero-order valence-corrected chi connectivity index (χ0v) is 12.3. The molecule has 2 aromatic rings. The van der Waals surface area contributed by atoms with Gasteiger partial charge in [0.2, 0.25) is 0 Å². The third-order valence-corrected chi connectivity index (χ3v) is 4.15. The van der Waals surface area contributed by atoms with Crippen molar-refractivity contribution >= 4 is 5.69 Å². The second-order valence-corrected chi connectivity index (χ2v) is 5.97. The minimum absolute atomic E-state index is 0.219. The highest BCUT2D eigenvalue weighted by Gasteiger charge is 2.23. The van der Waals surface area contributed by atoms with Gasteiger partial charge in [-0.2, -0.15) is 0 Å². The standard InChI is InChI=1S/C18H21FN2/c1-13-10-14-6-2-5-9-18(14)21(11-13)12-17(20)15-7-3-4-8-16(15)19/h2-9,13,17H,10-12,20H2,1H3. The minimum Gasteiger partial charge on any atom is -0.369 e. The monoisotopic (exact) mass is 284 g/mol. The molecule has 0 fully saturated rings. The number of nitrogens with two attached hydrogens (primary N) is 1. The molecule has 2 unspecified atom stereocenters. The summed E-state index contributed by atoms with van der Waals surface area (Å²) >= 11 is 0. The van der Waals surface area contributed by atoms with Gasteiger partial charge in [-0.25, -0.2) is 4.39 Å². The summed E-state index contributed by atoms with van der Waals surface area (Å²) in [5.41, 5.74) is 9.44. The Bertz CT molecular complexity index is 626. The Morgan fingerprint density at radius 2 is 1.90 bits per heavy atom. The molecule has 110 valence electrons. The van der Waals surface area contributed by atoms with Crippen LogP contribution in [0.15, 0.2) is 48.5 Å². The van der Waals surface area contributed by atoms with Crippen molar-refractivity contribution in [2.24, 2.45) is 11.7 Å². The van der Waals surface area contributed by atoms with Gasteiger partial charge in [0.25, 0.3) is 0 Å². The Morgan fingerprint density at radius 1 is 1.19 bits per heavy atom. The van der Waals surface area contributed by atoms with Crippen LogP contribution in [0.1, 0.15) is 24.1 Å². The van der Waals surface area contributed by atoms with E-state index in [4.69, 9.17) is 5.73 Å². The Hall–Kier alpha value is -1.87. The zero-order chi connectivity index (χ0) is 14.8. The van der Waals surface area contributed by atoms with E-state index in [0.717, 1.165) is 13.0 Å². The van der Waals surface area contributed by atoms with Gasteiger partial charge in [0, 0.05) is 24.3 Å². The molecule has 0 spiro atoms. The summed E-state index contributed by atoms with van der Waals surface area (Å²) in [7, 11) is 0. The van der Waals surface area contributed by atoms with Crippen LogP contribution in [0.4, 0.5) is 10.1 Å². The number of rotatable bonds is 3. The molecule has 0 aliphatic carbocycles. The van der Waals surface area contributed by atoms with Crippen LogP contribution < -0.4 is 10.6 Å². The molecule has 21 heavy (non-hydrogen) atoms. The summed E-state index contributed by atoms with van der Waals surface area (Å²) in [5, 5.41) is 0. The molecule has 1 heterocycles. The molecular weight excluding hydrogens is 263 g/mol. The van der Waals surface area contributed by atoms with E-state index in [1.165, 1.54) is 17.3 Å². The smallest absolute Gasteiger partial charge is 0.128 e. The van der Waals surface area contributed by atoms with Gasteiger partial charge in [-0.3, -0.25) is 0 Å². The third kappa shape index (κ3) is 2.93. The fourth-order valence-corrected chi connectivity index (χ4v) is 3.19. The van der Waals surface area contributed by atoms with Crippen LogP contribution in [0, 0.1) is 11.7 Å². The zero-order valence-electron chi connectivity index (χ0n) is 12.3. The lowest BCUT2D eigenvalue weighted by atomic mass is 9.93. The molecule has 3 heteroatoms. The first-order valence-electron chi connectivity index (χ1n) is 7.48. The van der Waals surface area contributed by atoms with Crippen LogP contribution in [-0.4, -0.2) is 13.1 Å². The van der Waals surface area contributed by atoms with Gasteiger partial charge in [-0.1, -0.05) is 43.3 Å². The normalized spacial score (nSPS) is 19.2. The Morgan fingerprint density at radius 3 is 2.71 bits per heavy atom. The van der Waals surface area contributed by atoms with Gasteiger partial charge in [0.15, 0.2) is 0 Å². The highest BCUT2D eigenvalue weighted by molar-refractivity contribution is 5.56. The van der Waals surface area contributed by atoms with E-state index in [1.54, 1.807) is 12.1 Å². The average molecular weight is 284 g/mol. The van der Waals surface area contributed by atoms with Crippen LogP contribution in [0.25, 0.3) is 0 Å². The van der Waals surface area contributed by atoms with Crippen LogP contribution in [0.2, 0.25) is 0 Å². The van der Waals surface area contributed by atoms with Gasteiger partial charge in [0.05, 0.1) is 6.04 Å². The van der Waals surface area contributed by atoms with Crippen molar-refractivity contribution in [3.8, 4) is 0 Å². The lowest BCUT2D eigenvalue weighted by Crippen LogP contribution is -2.39.